The molecule has 0 unspecified atom stereocenters. The molecule has 0 aliphatic rings. The summed E-state index contributed by atoms with van der Waals surface area (Å²) in [5, 5.41) is 5.10. The summed E-state index contributed by atoms with van der Waals surface area (Å²) >= 11 is 1.41. The maximum absolute atomic E-state index is 11.1. The van der Waals surface area contributed by atoms with Gasteiger partial charge in [0.05, 0.1) is 12.3 Å². The third-order valence-electron chi connectivity index (χ3n) is 1.56. The molecule has 0 aliphatic carbocycles. The van der Waals surface area contributed by atoms with Gasteiger partial charge in [-0.15, -0.1) is 11.3 Å². The molecule has 0 aliphatic heterocycles. The van der Waals surface area contributed by atoms with Crippen molar-refractivity contribution < 1.29 is 9.53 Å². The van der Waals surface area contributed by atoms with Gasteiger partial charge in [-0.25, -0.2) is 9.78 Å². The van der Waals surface area contributed by atoms with E-state index in [1.54, 1.807) is 0 Å². The van der Waals surface area contributed by atoms with E-state index < -0.39 is 6.09 Å². The smallest absolute Gasteiger partial charge is 0.413 e. The van der Waals surface area contributed by atoms with E-state index in [9.17, 15) is 4.79 Å². The highest BCUT2D eigenvalue weighted by Gasteiger charge is 2.05. The van der Waals surface area contributed by atoms with Crippen LogP contribution in [0.4, 0.5) is 9.93 Å². The molecule has 0 fully saturated rings. The molecule has 4 nitrogen and oxygen atoms in total. The van der Waals surface area contributed by atoms with Crippen LogP contribution in [0.15, 0.2) is 5.38 Å². The van der Waals surface area contributed by atoms with Gasteiger partial charge in [-0.3, -0.25) is 5.32 Å². The SMILES string of the molecule is CCCOC(=O)Nc1nc(CC)cs1. The van der Waals surface area contributed by atoms with Crippen molar-refractivity contribution in [1.29, 1.82) is 0 Å². The highest BCUT2D eigenvalue weighted by molar-refractivity contribution is 7.13. The Morgan fingerprint density at radius 1 is 1.64 bits per heavy atom. The van der Waals surface area contributed by atoms with Gasteiger partial charge in [0.25, 0.3) is 0 Å². The summed E-state index contributed by atoms with van der Waals surface area (Å²) in [6.45, 7) is 4.41. The lowest BCUT2D eigenvalue weighted by Crippen LogP contribution is -2.13. The van der Waals surface area contributed by atoms with Crippen molar-refractivity contribution in [2.24, 2.45) is 0 Å². The first-order valence-corrected chi connectivity index (χ1v) is 5.52. The molecule has 1 rings (SSSR count). The molecule has 14 heavy (non-hydrogen) atoms. The largest absolute Gasteiger partial charge is 0.449 e. The van der Waals surface area contributed by atoms with Gasteiger partial charge < -0.3 is 4.74 Å². The second-order valence-corrected chi connectivity index (χ2v) is 3.62. The summed E-state index contributed by atoms with van der Waals surface area (Å²) in [7, 11) is 0. The van der Waals surface area contributed by atoms with E-state index >= 15 is 0 Å². The fourth-order valence-electron chi connectivity index (χ4n) is 0.845. The van der Waals surface area contributed by atoms with E-state index in [1.807, 2.05) is 19.2 Å². The van der Waals surface area contributed by atoms with Crippen LogP contribution in [-0.2, 0) is 11.2 Å². The second kappa shape index (κ2) is 5.59. The quantitative estimate of drug-likeness (QED) is 0.838. The summed E-state index contributed by atoms with van der Waals surface area (Å²) in [5.41, 5.74) is 0.987. The minimum Gasteiger partial charge on any atom is -0.449 e. The standard InChI is InChI=1S/C9H14N2O2S/c1-3-5-13-9(12)11-8-10-7(4-2)6-14-8/h6H,3-5H2,1-2H3,(H,10,11,12). The molecule has 0 bridgehead atoms. The molecule has 0 saturated heterocycles. The first-order valence-electron chi connectivity index (χ1n) is 4.64. The number of aryl methyl sites for hydroxylation is 1. The number of rotatable bonds is 4. The monoisotopic (exact) mass is 214 g/mol. The van der Waals surface area contributed by atoms with Crippen LogP contribution in [0.5, 0.6) is 0 Å². The lowest BCUT2D eigenvalue weighted by molar-refractivity contribution is 0.161. The Kier molecular flexibility index (Phi) is 4.39. The molecule has 0 atom stereocenters. The van der Waals surface area contributed by atoms with E-state index in [4.69, 9.17) is 4.74 Å². The Labute approximate surface area is 87.3 Å². The number of hydrogen-bond acceptors (Lipinski definition) is 4. The minimum absolute atomic E-state index is 0.427. The number of nitrogens with one attached hydrogen (secondary N) is 1. The van der Waals surface area contributed by atoms with Gasteiger partial charge in [0, 0.05) is 5.38 Å². The molecule has 0 radical (unpaired) electrons. The lowest BCUT2D eigenvalue weighted by atomic mass is 10.4. The first kappa shape index (κ1) is 11.0. The zero-order valence-corrected chi connectivity index (χ0v) is 9.19. The van der Waals surface area contributed by atoms with Crippen LogP contribution in [0, 0.1) is 0 Å². The zero-order chi connectivity index (χ0) is 10.4. The van der Waals surface area contributed by atoms with Crippen molar-refractivity contribution in [1.82, 2.24) is 4.98 Å². The van der Waals surface area contributed by atoms with Gasteiger partial charge in [-0.05, 0) is 12.8 Å². The summed E-state index contributed by atoms with van der Waals surface area (Å²) in [6.07, 6.45) is 1.28. The summed E-state index contributed by atoms with van der Waals surface area (Å²) in [5.74, 6) is 0. The zero-order valence-electron chi connectivity index (χ0n) is 8.37. The molecule has 1 N–H and O–H groups in total. The molecule has 1 amide bonds. The van der Waals surface area contributed by atoms with Gasteiger partial charge >= 0.3 is 6.09 Å². The topological polar surface area (TPSA) is 51.2 Å². The fourth-order valence-corrected chi connectivity index (χ4v) is 1.62. The number of anilines is 1. The number of carbonyl (C=O) groups is 1. The van der Waals surface area contributed by atoms with E-state index in [1.165, 1.54) is 11.3 Å². The first-order chi connectivity index (χ1) is 6.76. The van der Waals surface area contributed by atoms with Crippen molar-refractivity contribution in [2.75, 3.05) is 11.9 Å². The number of ether oxygens (including phenoxy) is 1. The van der Waals surface area contributed by atoms with Gasteiger partial charge in [-0.2, -0.15) is 0 Å². The van der Waals surface area contributed by atoms with Crippen molar-refractivity contribution in [3.8, 4) is 0 Å². The third-order valence-corrected chi connectivity index (χ3v) is 2.37. The van der Waals surface area contributed by atoms with Crippen LogP contribution < -0.4 is 5.32 Å². The average Bonchev–Trinajstić information content (AvgIpc) is 2.62. The molecule has 1 aromatic heterocycles. The lowest BCUT2D eigenvalue weighted by Gasteiger charge is -2.01. The van der Waals surface area contributed by atoms with Crippen molar-refractivity contribution in [3.05, 3.63) is 11.1 Å². The van der Waals surface area contributed by atoms with Crippen molar-refractivity contribution in [2.45, 2.75) is 26.7 Å². The Hall–Kier alpha value is -1.10. The predicted molar refractivity (Wildman–Crippen MR) is 56.8 cm³/mol. The highest BCUT2D eigenvalue weighted by atomic mass is 32.1. The van der Waals surface area contributed by atoms with Crippen LogP contribution in [0.1, 0.15) is 26.0 Å². The summed E-state index contributed by atoms with van der Waals surface area (Å²) in [4.78, 5) is 15.3. The van der Waals surface area contributed by atoms with Crippen LogP contribution in [0.2, 0.25) is 0 Å². The van der Waals surface area contributed by atoms with Crippen LogP contribution >= 0.6 is 11.3 Å². The van der Waals surface area contributed by atoms with E-state index in [0.29, 0.717) is 11.7 Å². The molecule has 0 spiro atoms. The van der Waals surface area contributed by atoms with Gasteiger partial charge in [-0.1, -0.05) is 13.8 Å². The van der Waals surface area contributed by atoms with Gasteiger partial charge in [0.1, 0.15) is 0 Å². The number of amides is 1. The Balaban J connectivity index is 2.39. The number of hydrogen-bond donors (Lipinski definition) is 1. The van der Waals surface area contributed by atoms with Crippen molar-refractivity contribution in [3.63, 3.8) is 0 Å². The van der Waals surface area contributed by atoms with E-state index in [0.717, 1.165) is 18.5 Å². The molecular weight excluding hydrogens is 200 g/mol. The van der Waals surface area contributed by atoms with Crippen LogP contribution in [0.25, 0.3) is 0 Å². The second-order valence-electron chi connectivity index (χ2n) is 2.76. The number of nitrogens with zero attached hydrogens (tertiary/aromatic N) is 1. The maximum Gasteiger partial charge on any atom is 0.413 e. The number of thiazole rings is 1. The molecule has 0 aromatic carbocycles. The van der Waals surface area contributed by atoms with E-state index in [2.05, 4.69) is 10.3 Å². The number of carbonyl (C=O) groups excluding carboxylic acids is 1. The highest BCUT2D eigenvalue weighted by Crippen LogP contribution is 2.15. The minimum atomic E-state index is -0.427. The summed E-state index contributed by atoms with van der Waals surface area (Å²) < 4.78 is 4.85. The van der Waals surface area contributed by atoms with Gasteiger partial charge in [0.15, 0.2) is 5.13 Å². The molecular formula is C9H14N2O2S. The fraction of sp³-hybridized carbons (Fsp3) is 0.556. The van der Waals surface area contributed by atoms with Crippen LogP contribution in [0.3, 0.4) is 0 Å². The molecule has 78 valence electrons. The normalized spacial score (nSPS) is 9.86. The maximum atomic E-state index is 11.1. The predicted octanol–water partition coefficient (Wildman–Crippen LogP) is 2.66. The number of aromatic nitrogens is 1. The average molecular weight is 214 g/mol. The van der Waals surface area contributed by atoms with Gasteiger partial charge in [0.2, 0.25) is 0 Å². The van der Waals surface area contributed by atoms with Crippen molar-refractivity contribution >= 4 is 22.6 Å². The van der Waals surface area contributed by atoms with E-state index in [-0.39, 0.29) is 0 Å². The molecule has 1 aromatic rings. The Morgan fingerprint density at radius 3 is 3.00 bits per heavy atom. The molecule has 1 heterocycles. The summed E-state index contributed by atoms with van der Waals surface area (Å²) in [6, 6.07) is 0. The third kappa shape index (κ3) is 3.33. The Bertz CT molecular complexity index is 299. The van der Waals surface area contributed by atoms with Crippen LogP contribution in [-0.4, -0.2) is 17.7 Å². The Morgan fingerprint density at radius 2 is 2.43 bits per heavy atom. The molecule has 0 saturated carbocycles. The molecule has 5 heteroatoms.